The molecule has 1 aliphatic heterocycles. The zero-order valence-electron chi connectivity index (χ0n) is 13.6. The third kappa shape index (κ3) is 5.09. The molecule has 8 heteroatoms. The number of anilines is 1. The predicted molar refractivity (Wildman–Crippen MR) is 94.8 cm³/mol. The van der Waals surface area contributed by atoms with Crippen LogP contribution in [0.2, 0.25) is 0 Å². The summed E-state index contributed by atoms with van der Waals surface area (Å²) in [5.74, 6) is -0.196. The van der Waals surface area contributed by atoms with E-state index in [2.05, 4.69) is 5.32 Å². The van der Waals surface area contributed by atoms with Crippen LogP contribution in [0.15, 0.2) is 18.2 Å². The lowest BCUT2D eigenvalue weighted by Crippen LogP contribution is -2.45. The van der Waals surface area contributed by atoms with E-state index in [0.717, 1.165) is 18.4 Å². The quantitative estimate of drug-likeness (QED) is 0.845. The van der Waals surface area contributed by atoms with E-state index in [9.17, 15) is 13.2 Å². The summed E-state index contributed by atoms with van der Waals surface area (Å²) in [5.41, 5.74) is 7.46. The Balaban J connectivity index is 0.00000264. The molecule has 1 aromatic rings. The molecule has 23 heavy (non-hydrogen) atoms. The van der Waals surface area contributed by atoms with Crippen molar-refractivity contribution in [2.75, 3.05) is 23.7 Å². The molecule has 0 unspecified atom stereocenters. The van der Waals surface area contributed by atoms with Crippen molar-refractivity contribution >= 4 is 34.0 Å². The number of aryl methyl sites for hydroxylation is 1. The number of hydrogen-bond acceptors (Lipinski definition) is 4. The fourth-order valence-electron chi connectivity index (χ4n) is 2.46. The molecule has 0 fully saturated rings. The number of hydrogen-bond donors (Lipinski definition) is 2. The van der Waals surface area contributed by atoms with Gasteiger partial charge in [0.1, 0.15) is 0 Å². The van der Waals surface area contributed by atoms with E-state index < -0.39 is 15.6 Å². The SMILES string of the molecule is CC(C)(N)CNC(=O)c1ccc2c(c1)CCCN2S(C)(=O)=O.Cl. The number of benzene rings is 1. The molecule has 0 spiro atoms. The zero-order chi connectivity index (χ0) is 16.5. The lowest BCUT2D eigenvalue weighted by atomic mass is 10.00. The molecule has 6 nitrogen and oxygen atoms in total. The number of nitrogens with two attached hydrogens (primary N) is 1. The van der Waals surface area contributed by atoms with Gasteiger partial charge in [-0.2, -0.15) is 0 Å². The van der Waals surface area contributed by atoms with Crippen molar-refractivity contribution in [1.29, 1.82) is 0 Å². The number of nitrogens with zero attached hydrogens (tertiary/aromatic N) is 1. The van der Waals surface area contributed by atoms with Crippen molar-refractivity contribution in [1.82, 2.24) is 5.32 Å². The largest absolute Gasteiger partial charge is 0.350 e. The fraction of sp³-hybridized carbons (Fsp3) is 0.533. The first-order chi connectivity index (χ1) is 10.1. The van der Waals surface area contributed by atoms with E-state index in [-0.39, 0.29) is 18.3 Å². The normalized spacial score (nSPS) is 14.7. The topological polar surface area (TPSA) is 92.5 Å². The summed E-state index contributed by atoms with van der Waals surface area (Å²) >= 11 is 0. The van der Waals surface area contributed by atoms with Crippen molar-refractivity contribution in [3.63, 3.8) is 0 Å². The number of rotatable bonds is 4. The molecule has 2 rings (SSSR count). The van der Waals surface area contributed by atoms with Gasteiger partial charge >= 0.3 is 0 Å². The average Bonchev–Trinajstić information content (AvgIpc) is 2.41. The minimum Gasteiger partial charge on any atom is -0.350 e. The average molecular weight is 362 g/mol. The number of amides is 1. The van der Waals surface area contributed by atoms with Crippen LogP contribution in [0.25, 0.3) is 0 Å². The molecule has 1 aromatic carbocycles. The summed E-state index contributed by atoms with van der Waals surface area (Å²) in [6, 6.07) is 5.13. The maximum absolute atomic E-state index is 12.2. The van der Waals surface area contributed by atoms with Crippen LogP contribution in [0.1, 0.15) is 36.2 Å². The molecule has 1 heterocycles. The molecule has 130 valence electrons. The van der Waals surface area contributed by atoms with Crippen LogP contribution in [0.5, 0.6) is 0 Å². The molecule has 0 radical (unpaired) electrons. The van der Waals surface area contributed by atoms with E-state index in [1.807, 2.05) is 13.8 Å². The van der Waals surface area contributed by atoms with Crippen molar-refractivity contribution in [3.8, 4) is 0 Å². The number of halogens is 1. The molecule has 0 aliphatic carbocycles. The van der Waals surface area contributed by atoms with Crippen molar-refractivity contribution in [2.45, 2.75) is 32.2 Å². The summed E-state index contributed by atoms with van der Waals surface area (Å²) in [7, 11) is -3.29. The van der Waals surface area contributed by atoms with Crippen LogP contribution >= 0.6 is 12.4 Å². The van der Waals surface area contributed by atoms with Gasteiger partial charge in [-0.1, -0.05) is 0 Å². The Bertz CT molecular complexity index is 684. The number of nitrogens with one attached hydrogen (secondary N) is 1. The van der Waals surface area contributed by atoms with Gasteiger partial charge in [0.15, 0.2) is 0 Å². The summed E-state index contributed by atoms with van der Waals surface area (Å²) < 4.78 is 25.0. The maximum atomic E-state index is 12.2. The highest BCUT2D eigenvalue weighted by Crippen LogP contribution is 2.29. The van der Waals surface area contributed by atoms with Gasteiger partial charge in [-0.05, 0) is 50.5 Å². The van der Waals surface area contributed by atoms with Crippen LogP contribution in [0, 0.1) is 0 Å². The molecule has 0 bridgehead atoms. The fourth-order valence-corrected chi connectivity index (χ4v) is 3.45. The van der Waals surface area contributed by atoms with Gasteiger partial charge in [-0.25, -0.2) is 8.42 Å². The first-order valence-electron chi connectivity index (χ1n) is 7.26. The number of carbonyl (C=O) groups is 1. The first kappa shape index (κ1) is 19.7. The van der Waals surface area contributed by atoms with Crippen molar-refractivity contribution in [2.24, 2.45) is 5.73 Å². The van der Waals surface area contributed by atoms with E-state index >= 15 is 0 Å². The maximum Gasteiger partial charge on any atom is 0.251 e. The number of fused-ring (bicyclic) bond motifs is 1. The number of sulfonamides is 1. The van der Waals surface area contributed by atoms with Gasteiger partial charge in [0.2, 0.25) is 10.0 Å². The third-order valence-electron chi connectivity index (χ3n) is 3.52. The second kappa shape index (κ2) is 7.07. The summed E-state index contributed by atoms with van der Waals surface area (Å²) in [6.07, 6.45) is 2.72. The van der Waals surface area contributed by atoms with Crippen LogP contribution < -0.4 is 15.4 Å². The van der Waals surface area contributed by atoms with Gasteiger partial charge in [-0.3, -0.25) is 9.10 Å². The highest BCUT2D eigenvalue weighted by atomic mass is 35.5. The summed E-state index contributed by atoms with van der Waals surface area (Å²) in [5, 5.41) is 2.79. The van der Waals surface area contributed by atoms with Crippen LogP contribution in [0.4, 0.5) is 5.69 Å². The van der Waals surface area contributed by atoms with Crippen LogP contribution in [-0.4, -0.2) is 39.2 Å². The van der Waals surface area contributed by atoms with E-state index in [1.54, 1.807) is 18.2 Å². The van der Waals surface area contributed by atoms with Gasteiger partial charge in [-0.15, -0.1) is 12.4 Å². The Morgan fingerprint density at radius 2 is 2.04 bits per heavy atom. The Kier molecular flexibility index (Phi) is 6.06. The smallest absolute Gasteiger partial charge is 0.251 e. The van der Waals surface area contributed by atoms with Gasteiger partial charge < -0.3 is 11.1 Å². The standard InChI is InChI=1S/C15H23N3O3S.ClH/c1-15(2,16)10-17-14(19)12-6-7-13-11(9-12)5-4-8-18(13)22(3,20)21;/h6-7,9H,4-5,8,10,16H2,1-3H3,(H,17,19);1H. The predicted octanol–water partition coefficient (Wildman–Crippen LogP) is 1.29. The van der Waals surface area contributed by atoms with Gasteiger partial charge in [0.05, 0.1) is 11.9 Å². The van der Waals surface area contributed by atoms with Gasteiger partial charge in [0.25, 0.3) is 5.91 Å². The molecule has 1 aliphatic rings. The molecule has 1 amide bonds. The Morgan fingerprint density at radius 1 is 1.39 bits per heavy atom. The van der Waals surface area contributed by atoms with Crippen molar-refractivity contribution < 1.29 is 13.2 Å². The third-order valence-corrected chi connectivity index (χ3v) is 4.70. The summed E-state index contributed by atoms with van der Waals surface area (Å²) in [4.78, 5) is 12.2. The van der Waals surface area contributed by atoms with E-state index in [0.29, 0.717) is 24.3 Å². The minimum atomic E-state index is -3.29. The zero-order valence-corrected chi connectivity index (χ0v) is 15.3. The first-order valence-corrected chi connectivity index (χ1v) is 9.10. The molecule has 0 saturated carbocycles. The molecular weight excluding hydrogens is 338 g/mol. The van der Waals surface area contributed by atoms with Crippen LogP contribution in [-0.2, 0) is 16.4 Å². The Labute approximate surface area is 143 Å². The minimum absolute atomic E-state index is 0. The molecule has 0 atom stereocenters. The van der Waals surface area contributed by atoms with E-state index in [4.69, 9.17) is 5.73 Å². The van der Waals surface area contributed by atoms with Crippen LogP contribution in [0.3, 0.4) is 0 Å². The Hall–Kier alpha value is -1.31. The second-order valence-electron chi connectivity index (χ2n) is 6.45. The highest BCUT2D eigenvalue weighted by molar-refractivity contribution is 7.92. The molecular formula is C15H24ClN3O3S. The molecule has 0 saturated heterocycles. The summed E-state index contributed by atoms with van der Waals surface area (Å²) in [6.45, 7) is 4.53. The van der Waals surface area contributed by atoms with Gasteiger partial charge in [0, 0.05) is 24.2 Å². The Morgan fingerprint density at radius 3 is 2.61 bits per heavy atom. The van der Waals surface area contributed by atoms with Crippen molar-refractivity contribution in [3.05, 3.63) is 29.3 Å². The van der Waals surface area contributed by atoms with E-state index in [1.165, 1.54) is 10.6 Å². The monoisotopic (exact) mass is 361 g/mol. The lowest BCUT2D eigenvalue weighted by Gasteiger charge is -2.29. The second-order valence-corrected chi connectivity index (χ2v) is 8.36. The number of carbonyl (C=O) groups excluding carboxylic acids is 1. The highest BCUT2D eigenvalue weighted by Gasteiger charge is 2.24. The molecule has 3 N–H and O–H groups in total. The lowest BCUT2D eigenvalue weighted by molar-refractivity contribution is 0.0946. The molecule has 0 aromatic heterocycles.